The number of halogens is 2. The van der Waals surface area contributed by atoms with Crippen LogP contribution in [-0.2, 0) is 20.9 Å². The number of carboxylic acid groups (broad SMARTS) is 2. The standard InChI is InChI=1S/C21H25F2N3O.2CH2O2/c1-25(2)20(27)21(24-19-8-4-7-18(23)14-19)9-11-26(12-10-21)15-16-5-3-6-17(22)13-16;2*2-1-3/h3-8,13-14,24H,9-12,15H2,1-2H3;2*1H,(H,2,3). The average Bonchev–Trinajstić information content (AvgIpc) is 2.76. The molecule has 0 atom stereocenters. The van der Waals surface area contributed by atoms with Gasteiger partial charge in [0.15, 0.2) is 0 Å². The van der Waals surface area contributed by atoms with Gasteiger partial charge in [0.05, 0.1) is 0 Å². The minimum atomic E-state index is -0.768. The Bertz CT molecular complexity index is 897. The molecular weight excluding hydrogens is 436 g/mol. The molecule has 1 aliphatic heterocycles. The SMILES string of the molecule is CN(C)C(=O)C1(Nc2cccc(F)c2)CCN(Cc2cccc(F)c2)CC1.O=CO.O=CO. The number of amides is 1. The lowest BCUT2D eigenvalue weighted by Crippen LogP contribution is -2.57. The summed E-state index contributed by atoms with van der Waals surface area (Å²) in [5.74, 6) is -0.595. The number of likely N-dealkylation sites (tertiary alicyclic amines) is 1. The molecule has 0 bridgehead atoms. The Hall–Kier alpha value is -3.53. The first-order chi connectivity index (χ1) is 15.7. The van der Waals surface area contributed by atoms with Crippen molar-refractivity contribution in [1.29, 1.82) is 0 Å². The van der Waals surface area contributed by atoms with E-state index in [-0.39, 0.29) is 30.5 Å². The lowest BCUT2D eigenvalue weighted by molar-refractivity contribution is -0.135. The normalized spacial score (nSPS) is 14.4. The molecule has 1 aliphatic rings. The molecule has 0 spiro atoms. The molecular formula is C23H29F2N3O5. The molecule has 2 aromatic carbocycles. The van der Waals surface area contributed by atoms with Gasteiger partial charge in [-0.2, -0.15) is 0 Å². The highest BCUT2D eigenvalue weighted by Crippen LogP contribution is 2.30. The Balaban J connectivity index is 0.000000819. The third kappa shape index (κ3) is 8.85. The van der Waals surface area contributed by atoms with Crippen molar-refractivity contribution in [2.24, 2.45) is 0 Å². The number of nitrogens with zero attached hydrogens (tertiary/aromatic N) is 2. The van der Waals surface area contributed by atoms with E-state index in [9.17, 15) is 13.6 Å². The van der Waals surface area contributed by atoms with Gasteiger partial charge >= 0.3 is 0 Å². The van der Waals surface area contributed by atoms with Crippen molar-refractivity contribution >= 4 is 24.5 Å². The van der Waals surface area contributed by atoms with E-state index in [0.29, 0.717) is 38.2 Å². The third-order valence-electron chi connectivity index (χ3n) is 5.03. The summed E-state index contributed by atoms with van der Waals surface area (Å²) in [7, 11) is 3.47. The van der Waals surface area contributed by atoms with Crippen LogP contribution in [0.4, 0.5) is 14.5 Å². The predicted octanol–water partition coefficient (Wildman–Crippen LogP) is 2.90. The molecule has 1 heterocycles. The molecule has 3 N–H and O–H groups in total. The van der Waals surface area contributed by atoms with Gasteiger partial charge in [0.2, 0.25) is 5.91 Å². The van der Waals surface area contributed by atoms with E-state index in [2.05, 4.69) is 10.2 Å². The number of hydrogen-bond donors (Lipinski definition) is 3. The van der Waals surface area contributed by atoms with E-state index in [1.807, 2.05) is 6.07 Å². The number of carbonyl (C=O) groups excluding carboxylic acids is 1. The molecule has 1 fully saturated rings. The summed E-state index contributed by atoms with van der Waals surface area (Å²) >= 11 is 0. The number of rotatable bonds is 5. The summed E-state index contributed by atoms with van der Waals surface area (Å²) in [6, 6.07) is 12.8. The zero-order valence-electron chi connectivity index (χ0n) is 18.6. The second-order valence-electron chi connectivity index (χ2n) is 7.53. The molecule has 10 heteroatoms. The fourth-order valence-electron chi connectivity index (χ4n) is 3.65. The largest absolute Gasteiger partial charge is 0.483 e. The molecule has 8 nitrogen and oxygen atoms in total. The number of piperidine rings is 1. The van der Waals surface area contributed by atoms with Gasteiger partial charge < -0.3 is 20.4 Å². The van der Waals surface area contributed by atoms with E-state index in [1.165, 1.54) is 24.3 Å². The van der Waals surface area contributed by atoms with Crippen molar-refractivity contribution < 1.29 is 33.4 Å². The van der Waals surface area contributed by atoms with E-state index < -0.39 is 5.54 Å². The van der Waals surface area contributed by atoms with Gasteiger partial charge in [-0.1, -0.05) is 18.2 Å². The average molecular weight is 465 g/mol. The van der Waals surface area contributed by atoms with E-state index in [4.69, 9.17) is 19.8 Å². The summed E-state index contributed by atoms with van der Waals surface area (Å²) in [6.07, 6.45) is 1.19. The summed E-state index contributed by atoms with van der Waals surface area (Å²) in [5.41, 5.74) is 0.749. The maximum Gasteiger partial charge on any atom is 0.290 e. The molecule has 3 rings (SSSR count). The number of hydrogen-bond acceptors (Lipinski definition) is 5. The molecule has 0 unspecified atom stereocenters. The first-order valence-corrected chi connectivity index (χ1v) is 10.1. The number of anilines is 1. The topological polar surface area (TPSA) is 110 Å². The molecule has 2 aromatic rings. The summed E-state index contributed by atoms with van der Waals surface area (Å²) in [6.45, 7) is 1.53. The molecule has 1 saturated heterocycles. The lowest BCUT2D eigenvalue weighted by Gasteiger charge is -2.43. The summed E-state index contributed by atoms with van der Waals surface area (Å²) in [5, 5.41) is 17.1. The smallest absolute Gasteiger partial charge is 0.290 e. The number of carbonyl (C=O) groups is 3. The fraction of sp³-hybridized carbons (Fsp3) is 0.348. The zero-order chi connectivity index (χ0) is 24.9. The minimum Gasteiger partial charge on any atom is -0.483 e. The predicted molar refractivity (Wildman–Crippen MR) is 120 cm³/mol. The molecule has 1 amide bonds. The van der Waals surface area contributed by atoms with Crippen LogP contribution in [0.15, 0.2) is 48.5 Å². The maximum absolute atomic E-state index is 13.6. The van der Waals surface area contributed by atoms with Crippen LogP contribution in [0.1, 0.15) is 18.4 Å². The molecule has 33 heavy (non-hydrogen) atoms. The molecule has 0 aliphatic carbocycles. The van der Waals surface area contributed by atoms with Crippen molar-refractivity contribution in [1.82, 2.24) is 9.80 Å². The van der Waals surface area contributed by atoms with Gasteiger partial charge in [0.1, 0.15) is 17.2 Å². The quantitative estimate of drug-likeness (QED) is 0.583. The van der Waals surface area contributed by atoms with Crippen molar-refractivity contribution in [3.63, 3.8) is 0 Å². The van der Waals surface area contributed by atoms with Crippen LogP contribution in [0.25, 0.3) is 0 Å². The van der Waals surface area contributed by atoms with Crippen molar-refractivity contribution in [3.05, 3.63) is 65.7 Å². The Labute approximate surface area is 191 Å². The van der Waals surface area contributed by atoms with E-state index in [1.54, 1.807) is 37.2 Å². The van der Waals surface area contributed by atoms with Gasteiger partial charge in [0.25, 0.3) is 12.9 Å². The molecule has 0 aromatic heterocycles. The van der Waals surface area contributed by atoms with Crippen molar-refractivity contribution in [2.45, 2.75) is 24.9 Å². The fourth-order valence-corrected chi connectivity index (χ4v) is 3.65. The Morgan fingerprint density at radius 1 is 1.03 bits per heavy atom. The van der Waals surface area contributed by atoms with Crippen LogP contribution in [0.2, 0.25) is 0 Å². The Morgan fingerprint density at radius 3 is 2.03 bits per heavy atom. The minimum absolute atomic E-state index is 0.0165. The van der Waals surface area contributed by atoms with Gasteiger partial charge in [-0.25, -0.2) is 8.78 Å². The van der Waals surface area contributed by atoms with E-state index in [0.717, 1.165) is 5.56 Å². The Morgan fingerprint density at radius 2 is 1.55 bits per heavy atom. The number of benzene rings is 2. The second kappa shape index (κ2) is 13.8. The highest BCUT2D eigenvalue weighted by atomic mass is 19.1. The van der Waals surface area contributed by atoms with Crippen LogP contribution >= 0.6 is 0 Å². The van der Waals surface area contributed by atoms with Crippen LogP contribution in [0.5, 0.6) is 0 Å². The first-order valence-electron chi connectivity index (χ1n) is 10.1. The van der Waals surface area contributed by atoms with E-state index >= 15 is 0 Å². The van der Waals surface area contributed by atoms with Gasteiger partial charge in [-0.05, 0) is 48.7 Å². The molecule has 180 valence electrons. The highest BCUT2D eigenvalue weighted by molar-refractivity contribution is 5.89. The first kappa shape index (κ1) is 27.5. The molecule has 0 saturated carbocycles. The third-order valence-corrected chi connectivity index (χ3v) is 5.03. The maximum atomic E-state index is 13.6. The van der Waals surface area contributed by atoms with Crippen LogP contribution in [0, 0.1) is 11.6 Å². The summed E-state index contributed by atoms with van der Waals surface area (Å²) < 4.78 is 27.0. The van der Waals surface area contributed by atoms with Crippen LogP contribution in [0.3, 0.4) is 0 Å². The van der Waals surface area contributed by atoms with Gasteiger partial charge in [-0.3, -0.25) is 19.3 Å². The highest BCUT2D eigenvalue weighted by Gasteiger charge is 2.42. The second-order valence-corrected chi connectivity index (χ2v) is 7.53. The van der Waals surface area contributed by atoms with Crippen LogP contribution in [-0.4, -0.2) is 71.6 Å². The van der Waals surface area contributed by atoms with Crippen molar-refractivity contribution in [2.75, 3.05) is 32.5 Å². The number of likely N-dealkylation sites (N-methyl/N-ethyl adjacent to an activating group) is 1. The van der Waals surface area contributed by atoms with Gasteiger partial charge in [-0.15, -0.1) is 0 Å². The Kier molecular flexibility index (Phi) is 11.5. The number of nitrogens with one attached hydrogen (secondary N) is 1. The van der Waals surface area contributed by atoms with Crippen LogP contribution < -0.4 is 5.32 Å². The molecule has 0 radical (unpaired) electrons. The van der Waals surface area contributed by atoms with Gasteiger partial charge in [0, 0.05) is 39.4 Å². The monoisotopic (exact) mass is 465 g/mol. The zero-order valence-corrected chi connectivity index (χ0v) is 18.6. The lowest BCUT2D eigenvalue weighted by atomic mass is 9.85. The summed E-state index contributed by atoms with van der Waals surface area (Å²) in [4.78, 5) is 33.4. The van der Waals surface area contributed by atoms with Crippen molar-refractivity contribution in [3.8, 4) is 0 Å².